The van der Waals surface area contributed by atoms with E-state index in [1.807, 2.05) is 0 Å². The third-order valence-electron chi connectivity index (χ3n) is 3.60. The molecule has 3 heteroatoms. The van der Waals surface area contributed by atoms with Gasteiger partial charge in [-0.1, -0.05) is 33.6 Å². The highest BCUT2D eigenvalue weighted by atomic mass is 16.5. The summed E-state index contributed by atoms with van der Waals surface area (Å²) in [6.07, 6.45) is 2.70. The number of hydrogen-bond donors (Lipinski definition) is 0. The molecular weight excluding hydrogens is 202 g/mol. The Hall–Kier alpha value is -0.410. The summed E-state index contributed by atoms with van der Waals surface area (Å²) >= 11 is 0. The summed E-state index contributed by atoms with van der Waals surface area (Å²) in [5.41, 5.74) is 0. The first-order chi connectivity index (χ1) is 7.71. The predicted molar refractivity (Wildman–Crippen MR) is 65.6 cm³/mol. The van der Waals surface area contributed by atoms with Crippen molar-refractivity contribution in [1.29, 1.82) is 0 Å². The lowest BCUT2D eigenvalue weighted by atomic mass is 9.94. The van der Waals surface area contributed by atoms with E-state index in [2.05, 4.69) is 25.7 Å². The standard InChI is InChI=1S/C13H25NO2/c1-4-11(5-2)9-12(15)13-10-14(6-3)7-8-16-13/h11,13H,4-10H2,1-3H3. The van der Waals surface area contributed by atoms with Crippen molar-refractivity contribution >= 4 is 5.78 Å². The number of rotatable bonds is 6. The maximum absolute atomic E-state index is 12.0. The van der Waals surface area contributed by atoms with Gasteiger partial charge in [0.15, 0.2) is 5.78 Å². The highest BCUT2D eigenvalue weighted by Gasteiger charge is 2.26. The molecule has 1 saturated heterocycles. The Kier molecular flexibility index (Phi) is 5.99. The van der Waals surface area contributed by atoms with E-state index in [4.69, 9.17) is 4.74 Å². The van der Waals surface area contributed by atoms with Crippen molar-refractivity contribution < 1.29 is 9.53 Å². The van der Waals surface area contributed by atoms with Crippen LogP contribution < -0.4 is 0 Å². The highest BCUT2D eigenvalue weighted by molar-refractivity contribution is 5.83. The van der Waals surface area contributed by atoms with Crippen molar-refractivity contribution in [3.8, 4) is 0 Å². The average Bonchev–Trinajstić information content (AvgIpc) is 2.35. The Morgan fingerprint density at radius 3 is 2.62 bits per heavy atom. The average molecular weight is 227 g/mol. The van der Waals surface area contributed by atoms with Gasteiger partial charge >= 0.3 is 0 Å². The normalized spacial score (nSPS) is 22.6. The van der Waals surface area contributed by atoms with Crippen LogP contribution in [0.2, 0.25) is 0 Å². The molecule has 1 aliphatic heterocycles. The number of hydrogen-bond acceptors (Lipinski definition) is 3. The Balaban J connectivity index is 2.40. The minimum atomic E-state index is -0.172. The molecule has 0 aliphatic carbocycles. The maximum Gasteiger partial charge on any atom is 0.163 e. The molecule has 94 valence electrons. The molecular formula is C13H25NO2. The van der Waals surface area contributed by atoms with Gasteiger partial charge in [0.25, 0.3) is 0 Å². The van der Waals surface area contributed by atoms with E-state index in [0.717, 1.165) is 32.5 Å². The fourth-order valence-corrected chi connectivity index (χ4v) is 2.18. The molecule has 0 saturated carbocycles. The number of carbonyl (C=O) groups is 1. The number of carbonyl (C=O) groups excluding carboxylic acids is 1. The first-order valence-corrected chi connectivity index (χ1v) is 6.57. The highest BCUT2D eigenvalue weighted by Crippen LogP contribution is 2.16. The summed E-state index contributed by atoms with van der Waals surface area (Å²) in [4.78, 5) is 14.3. The van der Waals surface area contributed by atoms with Crippen molar-refractivity contribution in [3.05, 3.63) is 0 Å². The van der Waals surface area contributed by atoms with Crippen LogP contribution in [0.1, 0.15) is 40.0 Å². The molecule has 1 unspecified atom stereocenters. The molecule has 0 radical (unpaired) electrons. The van der Waals surface area contributed by atoms with E-state index in [0.29, 0.717) is 24.7 Å². The second-order valence-electron chi connectivity index (χ2n) is 4.61. The number of ether oxygens (including phenoxy) is 1. The number of likely N-dealkylation sites (N-methyl/N-ethyl adjacent to an activating group) is 1. The van der Waals surface area contributed by atoms with Crippen LogP contribution in [0.15, 0.2) is 0 Å². The van der Waals surface area contributed by atoms with Gasteiger partial charge in [0.05, 0.1) is 6.61 Å². The second kappa shape index (κ2) is 7.02. The van der Waals surface area contributed by atoms with Crippen molar-refractivity contribution in [2.24, 2.45) is 5.92 Å². The van der Waals surface area contributed by atoms with Gasteiger partial charge in [-0.2, -0.15) is 0 Å². The minimum absolute atomic E-state index is 0.172. The van der Waals surface area contributed by atoms with E-state index >= 15 is 0 Å². The summed E-state index contributed by atoms with van der Waals surface area (Å²) in [5, 5.41) is 0. The first kappa shape index (κ1) is 13.7. The van der Waals surface area contributed by atoms with Gasteiger partial charge in [-0.3, -0.25) is 9.69 Å². The van der Waals surface area contributed by atoms with E-state index in [9.17, 15) is 4.79 Å². The summed E-state index contributed by atoms with van der Waals surface area (Å²) in [5.74, 6) is 0.833. The molecule has 3 nitrogen and oxygen atoms in total. The molecule has 0 bridgehead atoms. The third-order valence-corrected chi connectivity index (χ3v) is 3.60. The summed E-state index contributed by atoms with van der Waals surface area (Å²) < 4.78 is 5.57. The Morgan fingerprint density at radius 1 is 1.38 bits per heavy atom. The lowest BCUT2D eigenvalue weighted by Crippen LogP contribution is -2.46. The molecule has 1 atom stereocenters. The summed E-state index contributed by atoms with van der Waals surface area (Å²) in [6.45, 7) is 9.91. The van der Waals surface area contributed by atoms with Crippen LogP contribution in [-0.2, 0) is 9.53 Å². The molecule has 16 heavy (non-hydrogen) atoms. The van der Waals surface area contributed by atoms with Crippen LogP contribution in [0, 0.1) is 5.92 Å². The quantitative estimate of drug-likeness (QED) is 0.696. The molecule has 1 rings (SSSR count). The van der Waals surface area contributed by atoms with Gasteiger partial charge in [-0.25, -0.2) is 0 Å². The Bertz CT molecular complexity index is 214. The molecule has 0 N–H and O–H groups in total. The third kappa shape index (κ3) is 3.87. The fourth-order valence-electron chi connectivity index (χ4n) is 2.18. The van der Waals surface area contributed by atoms with Gasteiger partial charge in [0.2, 0.25) is 0 Å². The van der Waals surface area contributed by atoms with Gasteiger partial charge in [0.1, 0.15) is 6.10 Å². The van der Waals surface area contributed by atoms with Gasteiger partial charge in [-0.15, -0.1) is 0 Å². The van der Waals surface area contributed by atoms with Crippen LogP contribution >= 0.6 is 0 Å². The lowest BCUT2D eigenvalue weighted by molar-refractivity contribution is -0.137. The van der Waals surface area contributed by atoms with Crippen molar-refractivity contribution in [2.75, 3.05) is 26.2 Å². The van der Waals surface area contributed by atoms with E-state index in [-0.39, 0.29) is 6.10 Å². The smallest absolute Gasteiger partial charge is 0.163 e. The number of morpholine rings is 1. The summed E-state index contributed by atoms with van der Waals surface area (Å²) in [7, 11) is 0. The zero-order chi connectivity index (χ0) is 12.0. The lowest BCUT2D eigenvalue weighted by Gasteiger charge is -2.31. The van der Waals surface area contributed by atoms with Crippen LogP contribution in [-0.4, -0.2) is 43.0 Å². The molecule has 1 aliphatic rings. The Morgan fingerprint density at radius 2 is 2.06 bits per heavy atom. The van der Waals surface area contributed by atoms with Crippen molar-refractivity contribution in [1.82, 2.24) is 4.90 Å². The predicted octanol–water partition coefficient (Wildman–Crippen LogP) is 2.10. The van der Waals surface area contributed by atoms with Crippen LogP contribution in [0.4, 0.5) is 0 Å². The Labute approximate surface area is 99.1 Å². The fraction of sp³-hybridized carbons (Fsp3) is 0.923. The van der Waals surface area contributed by atoms with Crippen LogP contribution in [0.25, 0.3) is 0 Å². The zero-order valence-electron chi connectivity index (χ0n) is 10.9. The zero-order valence-corrected chi connectivity index (χ0v) is 10.9. The number of Topliss-reactive ketones (excluding diaryl/α,β-unsaturated/α-hetero) is 1. The molecule has 0 spiro atoms. The molecule has 1 fully saturated rings. The molecule has 0 amide bonds. The number of ketones is 1. The van der Waals surface area contributed by atoms with Gasteiger partial charge in [-0.05, 0) is 12.5 Å². The van der Waals surface area contributed by atoms with Gasteiger partial charge < -0.3 is 4.74 Å². The maximum atomic E-state index is 12.0. The molecule has 0 aromatic heterocycles. The SMILES string of the molecule is CCC(CC)CC(=O)C1CN(CC)CCO1. The number of nitrogens with zero attached hydrogens (tertiary/aromatic N) is 1. The largest absolute Gasteiger partial charge is 0.368 e. The van der Waals surface area contributed by atoms with E-state index < -0.39 is 0 Å². The van der Waals surface area contributed by atoms with Crippen molar-refractivity contribution in [2.45, 2.75) is 46.1 Å². The second-order valence-corrected chi connectivity index (χ2v) is 4.61. The topological polar surface area (TPSA) is 29.5 Å². The van der Waals surface area contributed by atoms with E-state index in [1.165, 1.54) is 0 Å². The first-order valence-electron chi connectivity index (χ1n) is 6.57. The molecule has 0 aromatic carbocycles. The van der Waals surface area contributed by atoms with Crippen LogP contribution in [0.3, 0.4) is 0 Å². The minimum Gasteiger partial charge on any atom is -0.368 e. The van der Waals surface area contributed by atoms with Crippen LogP contribution in [0.5, 0.6) is 0 Å². The van der Waals surface area contributed by atoms with Gasteiger partial charge in [0, 0.05) is 19.5 Å². The van der Waals surface area contributed by atoms with E-state index in [1.54, 1.807) is 0 Å². The molecule has 1 heterocycles. The van der Waals surface area contributed by atoms with Crippen molar-refractivity contribution in [3.63, 3.8) is 0 Å². The molecule has 0 aromatic rings. The monoisotopic (exact) mass is 227 g/mol. The summed E-state index contributed by atoms with van der Waals surface area (Å²) in [6, 6.07) is 0.